The Bertz CT molecular complexity index is 310. The lowest BCUT2D eigenvalue weighted by molar-refractivity contribution is -0.121. The van der Waals surface area contributed by atoms with Crippen LogP contribution in [0.4, 0.5) is 4.39 Å². The fourth-order valence-corrected chi connectivity index (χ4v) is 1.15. The Kier molecular flexibility index (Phi) is 3.59. The molecule has 0 aliphatic heterocycles. The van der Waals surface area contributed by atoms with E-state index in [1.54, 1.807) is 12.1 Å². The molecule has 14 heavy (non-hydrogen) atoms. The highest BCUT2D eigenvalue weighted by atomic mass is 19.1. The first kappa shape index (κ1) is 10.7. The van der Waals surface area contributed by atoms with Crippen molar-refractivity contribution in [3.63, 3.8) is 0 Å². The number of carbonyl (C=O) groups is 1. The maximum atomic E-state index is 12.5. The Hall–Kier alpha value is -1.42. The Morgan fingerprint density at radius 1 is 1.50 bits per heavy atom. The van der Waals surface area contributed by atoms with Crippen molar-refractivity contribution in [3.05, 3.63) is 35.6 Å². The molecule has 0 heterocycles. The van der Waals surface area contributed by atoms with Crippen LogP contribution in [0.25, 0.3) is 0 Å². The lowest BCUT2D eigenvalue weighted by Gasteiger charge is -2.09. The van der Waals surface area contributed by atoms with Crippen LogP contribution in [0.3, 0.4) is 0 Å². The lowest BCUT2D eigenvalue weighted by Crippen LogP contribution is -2.40. The van der Waals surface area contributed by atoms with Gasteiger partial charge in [0.15, 0.2) is 0 Å². The van der Waals surface area contributed by atoms with Crippen LogP contribution in [0, 0.1) is 5.82 Å². The molecule has 4 heteroatoms. The van der Waals surface area contributed by atoms with Gasteiger partial charge in [-0.2, -0.15) is 0 Å². The van der Waals surface area contributed by atoms with Gasteiger partial charge in [0, 0.05) is 7.05 Å². The van der Waals surface area contributed by atoms with Gasteiger partial charge in [-0.15, -0.1) is 0 Å². The fourth-order valence-electron chi connectivity index (χ4n) is 1.15. The van der Waals surface area contributed by atoms with Crippen LogP contribution >= 0.6 is 0 Å². The summed E-state index contributed by atoms with van der Waals surface area (Å²) in [5.41, 5.74) is 6.44. The SMILES string of the molecule is CNC(=O)[C@@H](N)Cc1ccc(F)cc1. The van der Waals surface area contributed by atoms with Crippen molar-refractivity contribution >= 4 is 5.91 Å². The molecule has 1 aromatic rings. The molecule has 0 aliphatic carbocycles. The maximum Gasteiger partial charge on any atom is 0.237 e. The van der Waals surface area contributed by atoms with Gasteiger partial charge in [-0.25, -0.2) is 4.39 Å². The molecule has 1 aromatic carbocycles. The van der Waals surface area contributed by atoms with E-state index in [1.807, 2.05) is 0 Å². The highest BCUT2D eigenvalue weighted by Crippen LogP contribution is 2.04. The van der Waals surface area contributed by atoms with Gasteiger partial charge in [0.1, 0.15) is 5.82 Å². The normalized spacial score (nSPS) is 12.2. The summed E-state index contributed by atoms with van der Waals surface area (Å²) in [6.45, 7) is 0. The third-order valence-electron chi connectivity index (χ3n) is 1.95. The van der Waals surface area contributed by atoms with E-state index in [1.165, 1.54) is 19.2 Å². The van der Waals surface area contributed by atoms with Crippen molar-refractivity contribution in [3.8, 4) is 0 Å². The van der Waals surface area contributed by atoms with Crippen molar-refractivity contribution in [1.82, 2.24) is 5.32 Å². The maximum absolute atomic E-state index is 12.5. The van der Waals surface area contributed by atoms with Gasteiger partial charge >= 0.3 is 0 Å². The Labute approximate surface area is 82.1 Å². The number of benzene rings is 1. The Morgan fingerprint density at radius 2 is 2.07 bits per heavy atom. The first-order valence-electron chi connectivity index (χ1n) is 4.35. The minimum Gasteiger partial charge on any atom is -0.358 e. The van der Waals surface area contributed by atoms with Gasteiger partial charge in [-0.05, 0) is 24.1 Å². The minimum absolute atomic E-state index is 0.214. The average molecular weight is 196 g/mol. The second-order valence-electron chi connectivity index (χ2n) is 3.05. The second kappa shape index (κ2) is 4.72. The van der Waals surface area contributed by atoms with Crippen molar-refractivity contribution in [1.29, 1.82) is 0 Å². The predicted octanol–water partition coefficient (Wildman–Crippen LogP) is 0.441. The number of nitrogens with two attached hydrogens (primary N) is 1. The van der Waals surface area contributed by atoms with E-state index in [-0.39, 0.29) is 11.7 Å². The smallest absolute Gasteiger partial charge is 0.237 e. The second-order valence-corrected chi connectivity index (χ2v) is 3.05. The summed E-state index contributed by atoms with van der Waals surface area (Å²) in [6.07, 6.45) is 0.417. The van der Waals surface area contributed by atoms with E-state index >= 15 is 0 Å². The number of likely N-dealkylation sites (N-methyl/N-ethyl adjacent to an activating group) is 1. The van der Waals surface area contributed by atoms with Crippen molar-refractivity contribution in [2.24, 2.45) is 5.73 Å². The zero-order valence-electron chi connectivity index (χ0n) is 7.96. The number of rotatable bonds is 3. The number of halogens is 1. The number of hydrogen-bond donors (Lipinski definition) is 2. The van der Waals surface area contributed by atoms with Crippen molar-refractivity contribution < 1.29 is 9.18 Å². The van der Waals surface area contributed by atoms with Crippen LogP contribution in [0.2, 0.25) is 0 Å². The Morgan fingerprint density at radius 3 is 2.57 bits per heavy atom. The molecule has 3 nitrogen and oxygen atoms in total. The molecule has 0 saturated carbocycles. The standard InChI is InChI=1S/C10H13FN2O/c1-13-10(14)9(12)6-7-2-4-8(11)5-3-7/h2-5,9H,6,12H2,1H3,(H,13,14)/t9-/m0/s1. The summed E-state index contributed by atoms with van der Waals surface area (Å²) >= 11 is 0. The van der Waals surface area contributed by atoms with Gasteiger partial charge in [0.2, 0.25) is 5.91 Å². The highest BCUT2D eigenvalue weighted by molar-refractivity contribution is 5.81. The third kappa shape index (κ3) is 2.81. The van der Waals surface area contributed by atoms with Crippen LogP contribution < -0.4 is 11.1 Å². The van der Waals surface area contributed by atoms with Crippen molar-refractivity contribution in [2.75, 3.05) is 7.05 Å². The van der Waals surface area contributed by atoms with Crippen LogP contribution in [-0.2, 0) is 11.2 Å². The van der Waals surface area contributed by atoms with Gasteiger partial charge < -0.3 is 11.1 Å². The first-order valence-corrected chi connectivity index (χ1v) is 4.35. The molecule has 76 valence electrons. The van der Waals surface area contributed by atoms with E-state index in [4.69, 9.17) is 5.73 Å². The average Bonchev–Trinajstić information content (AvgIpc) is 2.20. The van der Waals surface area contributed by atoms with Gasteiger partial charge in [-0.1, -0.05) is 12.1 Å². The third-order valence-corrected chi connectivity index (χ3v) is 1.95. The molecule has 3 N–H and O–H groups in total. The predicted molar refractivity (Wildman–Crippen MR) is 52.1 cm³/mol. The minimum atomic E-state index is -0.578. The van der Waals surface area contributed by atoms with E-state index < -0.39 is 6.04 Å². The zero-order chi connectivity index (χ0) is 10.6. The molecule has 1 rings (SSSR count). The molecule has 0 bridgehead atoms. The van der Waals surface area contributed by atoms with E-state index in [2.05, 4.69) is 5.32 Å². The first-order chi connectivity index (χ1) is 6.63. The van der Waals surface area contributed by atoms with Gasteiger partial charge in [0.05, 0.1) is 6.04 Å². The van der Waals surface area contributed by atoms with Crippen LogP contribution in [0.5, 0.6) is 0 Å². The number of nitrogens with one attached hydrogen (secondary N) is 1. The summed E-state index contributed by atoms with van der Waals surface area (Å²) < 4.78 is 12.5. The summed E-state index contributed by atoms with van der Waals surface area (Å²) in [5.74, 6) is -0.503. The largest absolute Gasteiger partial charge is 0.358 e. The van der Waals surface area contributed by atoms with E-state index in [0.29, 0.717) is 6.42 Å². The Balaban J connectivity index is 2.60. The summed E-state index contributed by atoms with van der Waals surface area (Å²) in [5, 5.41) is 2.46. The molecule has 0 spiro atoms. The topological polar surface area (TPSA) is 55.1 Å². The fraction of sp³-hybridized carbons (Fsp3) is 0.300. The van der Waals surface area contributed by atoms with E-state index in [9.17, 15) is 9.18 Å². The molecule has 0 aliphatic rings. The molecule has 0 saturated heterocycles. The summed E-state index contributed by atoms with van der Waals surface area (Å²) in [7, 11) is 1.53. The molecular formula is C10H13FN2O. The summed E-state index contributed by atoms with van der Waals surface area (Å²) in [6, 6.07) is 5.37. The van der Waals surface area contributed by atoms with E-state index in [0.717, 1.165) is 5.56 Å². The number of amides is 1. The number of hydrogen-bond acceptors (Lipinski definition) is 2. The molecule has 1 amide bonds. The lowest BCUT2D eigenvalue weighted by atomic mass is 10.1. The number of carbonyl (C=O) groups excluding carboxylic acids is 1. The van der Waals surface area contributed by atoms with Gasteiger partial charge in [-0.3, -0.25) is 4.79 Å². The molecule has 0 unspecified atom stereocenters. The molecule has 0 fully saturated rings. The van der Waals surface area contributed by atoms with Crippen LogP contribution in [-0.4, -0.2) is 19.0 Å². The summed E-state index contributed by atoms with van der Waals surface area (Å²) in [4.78, 5) is 11.1. The van der Waals surface area contributed by atoms with Crippen LogP contribution in [0.1, 0.15) is 5.56 Å². The zero-order valence-corrected chi connectivity index (χ0v) is 7.96. The highest BCUT2D eigenvalue weighted by Gasteiger charge is 2.11. The molecule has 0 radical (unpaired) electrons. The molecule has 1 atom stereocenters. The quantitative estimate of drug-likeness (QED) is 0.737. The van der Waals surface area contributed by atoms with Crippen molar-refractivity contribution in [2.45, 2.75) is 12.5 Å². The monoisotopic (exact) mass is 196 g/mol. The molecular weight excluding hydrogens is 183 g/mol. The van der Waals surface area contributed by atoms with Gasteiger partial charge in [0.25, 0.3) is 0 Å². The van der Waals surface area contributed by atoms with Crippen LogP contribution in [0.15, 0.2) is 24.3 Å². The molecule has 0 aromatic heterocycles.